The van der Waals surface area contributed by atoms with Crippen molar-refractivity contribution in [2.75, 3.05) is 0 Å². The summed E-state index contributed by atoms with van der Waals surface area (Å²) < 4.78 is 5.16. The van der Waals surface area contributed by atoms with E-state index in [1.54, 1.807) is 20.9 Å². The predicted molar refractivity (Wildman–Crippen MR) is 108 cm³/mol. The van der Waals surface area contributed by atoms with Crippen LogP contribution in [0.25, 0.3) is 10.5 Å². The molecule has 0 aliphatic rings. The first-order valence-corrected chi connectivity index (χ1v) is 9.15. The Hall–Kier alpha value is -3.02. The Labute approximate surface area is 164 Å². The molecule has 0 spiro atoms. The van der Waals surface area contributed by atoms with Crippen LogP contribution in [0.4, 0.5) is 17.2 Å². The molecule has 28 heavy (non-hydrogen) atoms. The van der Waals surface area contributed by atoms with Crippen LogP contribution in [-0.2, 0) is 24.9 Å². The molecule has 0 radical (unpaired) electrons. The smallest absolute Gasteiger partial charge is 0.255 e. The van der Waals surface area contributed by atoms with Crippen molar-refractivity contribution in [2.24, 2.45) is 24.3 Å². The van der Waals surface area contributed by atoms with Gasteiger partial charge in [0.15, 0.2) is 17.2 Å². The topological polar surface area (TPSA) is 82.0 Å². The SMILES string of the molecule is [C-]#[N+]c1c(C(C)(C)C)nn(C)c1/N=N/c1c(C(C)(C)C)nn2c(C)nn(C)c12. The number of aromatic nitrogens is 6. The molecule has 0 aromatic carbocycles. The lowest BCUT2D eigenvalue weighted by molar-refractivity contribution is 0.555. The van der Waals surface area contributed by atoms with Crippen molar-refractivity contribution in [1.82, 2.24) is 29.2 Å². The molecule has 0 aliphatic carbocycles. The molecular formula is C19H27N9. The highest BCUT2D eigenvalue weighted by molar-refractivity contribution is 5.70. The lowest BCUT2D eigenvalue weighted by Gasteiger charge is -2.15. The minimum absolute atomic E-state index is 0.224. The molecule has 0 unspecified atom stereocenters. The Kier molecular flexibility index (Phi) is 4.41. The molecule has 0 N–H and O–H groups in total. The van der Waals surface area contributed by atoms with Gasteiger partial charge in [-0.1, -0.05) is 41.5 Å². The van der Waals surface area contributed by atoms with Gasteiger partial charge in [0, 0.05) is 19.5 Å². The summed E-state index contributed by atoms with van der Waals surface area (Å²) in [6.45, 7) is 21.9. The summed E-state index contributed by atoms with van der Waals surface area (Å²) in [6.07, 6.45) is 0. The molecule has 0 bridgehead atoms. The normalized spacial score (nSPS) is 13.0. The van der Waals surface area contributed by atoms with Crippen LogP contribution < -0.4 is 0 Å². The minimum Gasteiger partial charge on any atom is -0.260 e. The number of fused-ring (bicyclic) bond motifs is 1. The number of hydrogen-bond acceptors (Lipinski definition) is 5. The summed E-state index contributed by atoms with van der Waals surface area (Å²) in [4.78, 5) is 3.69. The van der Waals surface area contributed by atoms with Crippen LogP contribution in [0.15, 0.2) is 10.2 Å². The molecule has 0 atom stereocenters. The van der Waals surface area contributed by atoms with E-state index in [4.69, 9.17) is 11.7 Å². The van der Waals surface area contributed by atoms with Crippen LogP contribution in [0.5, 0.6) is 0 Å². The molecule has 0 aliphatic heterocycles. The van der Waals surface area contributed by atoms with E-state index in [1.807, 2.05) is 34.7 Å². The lowest BCUT2D eigenvalue weighted by atomic mass is 9.91. The van der Waals surface area contributed by atoms with Crippen molar-refractivity contribution >= 4 is 22.8 Å². The lowest BCUT2D eigenvalue weighted by Crippen LogP contribution is -2.12. The van der Waals surface area contributed by atoms with Gasteiger partial charge in [0.1, 0.15) is 5.82 Å². The van der Waals surface area contributed by atoms with Crippen molar-refractivity contribution in [3.8, 4) is 0 Å². The van der Waals surface area contributed by atoms with Gasteiger partial charge in [0.25, 0.3) is 5.69 Å². The zero-order valence-corrected chi connectivity index (χ0v) is 18.0. The zero-order chi connectivity index (χ0) is 21.0. The third kappa shape index (κ3) is 3.09. The van der Waals surface area contributed by atoms with Crippen LogP contribution in [0, 0.1) is 13.5 Å². The highest BCUT2D eigenvalue weighted by Gasteiger charge is 2.29. The molecule has 3 heterocycles. The number of azo groups is 1. The largest absolute Gasteiger partial charge is 0.260 e. The predicted octanol–water partition coefficient (Wildman–Crippen LogP) is 4.67. The molecule has 0 fully saturated rings. The highest BCUT2D eigenvalue weighted by Crippen LogP contribution is 2.40. The fourth-order valence-corrected chi connectivity index (χ4v) is 3.14. The van der Waals surface area contributed by atoms with Gasteiger partial charge < -0.3 is 0 Å². The van der Waals surface area contributed by atoms with E-state index in [0.717, 1.165) is 17.2 Å². The molecule has 3 aromatic rings. The maximum Gasteiger partial charge on any atom is 0.255 e. The van der Waals surface area contributed by atoms with Crippen molar-refractivity contribution in [2.45, 2.75) is 59.3 Å². The van der Waals surface area contributed by atoms with E-state index in [1.165, 1.54) is 0 Å². The zero-order valence-electron chi connectivity index (χ0n) is 18.0. The van der Waals surface area contributed by atoms with Crippen molar-refractivity contribution in [3.05, 3.63) is 28.6 Å². The van der Waals surface area contributed by atoms with Crippen molar-refractivity contribution < 1.29 is 0 Å². The third-order valence-corrected chi connectivity index (χ3v) is 4.51. The molecule has 148 valence electrons. The first kappa shape index (κ1) is 19.7. The average Bonchev–Trinajstić information content (AvgIpc) is 3.17. The first-order chi connectivity index (χ1) is 12.9. The van der Waals surface area contributed by atoms with Crippen molar-refractivity contribution in [1.29, 1.82) is 0 Å². The number of hydrogen-bond donors (Lipinski definition) is 0. The van der Waals surface area contributed by atoms with E-state index >= 15 is 0 Å². The maximum atomic E-state index is 7.62. The summed E-state index contributed by atoms with van der Waals surface area (Å²) in [5.74, 6) is 1.22. The average molecular weight is 381 g/mol. The van der Waals surface area contributed by atoms with Crippen LogP contribution >= 0.6 is 0 Å². The van der Waals surface area contributed by atoms with Gasteiger partial charge in [-0.3, -0.25) is 4.68 Å². The van der Waals surface area contributed by atoms with Crippen LogP contribution in [0.3, 0.4) is 0 Å². The Bertz CT molecular complexity index is 1120. The quantitative estimate of drug-likeness (QED) is 0.478. The van der Waals surface area contributed by atoms with E-state index in [-0.39, 0.29) is 10.8 Å². The van der Waals surface area contributed by atoms with Gasteiger partial charge in [-0.25, -0.2) is 9.53 Å². The first-order valence-electron chi connectivity index (χ1n) is 9.15. The number of nitrogens with zero attached hydrogens (tertiary/aromatic N) is 9. The number of aryl methyl sites for hydroxylation is 3. The monoisotopic (exact) mass is 381 g/mol. The highest BCUT2D eigenvalue weighted by atomic mass is 15.4. The molecule has 3 rings (SSSR count). The molecule has 0 saturated heterocycles. The molecule has 0 amide bonds. The molecule has 3 aromatic heterocycles. The minimum atomic E-state index is -0.258. The summed E-state index contributed by atoms with van der Waals surface area (Å²) in [5.41, 5.74) is 2.92. The van der Waals surface area contributed by atoms with E-state index in [9.17, 15) is 0 Å². The standard InChI is InChI=1S/C19H27N9/c1-11-23-27(10)17-13(15(19(5,6)7)25-28(11)17)21-22-16-12(20-8)14(18(2,3)4)24-26(16)9/h1-7,9-10H3/b22-21+. The second-order valence-electron chi connectivity index (χ2n) is 9.06. The molecular weight excluding hydrogens is 354 g/mol. The Balaban J connectivity index is 2.23. The van der Waals surface area contributed by atoms with E-state index < -0.39 is 0 Å². The van der Waals surface area contributed by atoms with Gasteiger partial charge >= 0.3 is 0 Å². The van der Waals surface area contributed by atoms with Gasteiger partial charge in [-0.05, 0) is 12.3 Å². The summed E-state index contributed by atoms with van der Waals surface area (Å²) in [7, 11) is 3.65. The summed E-state index contributed by atoms with van der Waals surface area (Å²) in [5, 5.41) is 22.7. The molecule has 9 nitrogen and oxygen atoms in total. The molecule has 9 heteroatoms. The second kappa shape index (κ2) is 6.26. The second-order valence-corrected chi connectivity index (χ2v) is 9.06. The van der Waals surface area contributed by atoms with E-state index in [2.05, 4.69) is 46.0 Å². The summed E-state index contributed by atoms with van der Waals surface area (Å²) >= 11 is 0. The van der Waals surface area contributed by atoms with Gasteiger partial charge in [0.05, 0.1) is 18.0 Å². The third-order valence-electron chi connectivity index (χ3n) is 4.51. The fraction of sp³-hybridized carbons (Fsp3) is 0.579. The van der Waals surface area contributed by atoms with Crippen LogP contribution in [0.1, 0.15) is 58.8 Å². The Morgan fingerprint density at radius 3 is 2.00 bits per heavy atom. The molecule has 0 saturated carbocycles. The van der Waals surface area contributed by atoms with Gasteiger partial charge in [0.2, 0.25) is 0 Å². The fourth-order valence-electron chi connectivity index (χ4n) is 3.14. The summed E-state index contributed by atoms with van der Waals surface area (Å²) in [6, 6.07) is 0. The Morgan fingerprint density at radius 1 is 0.857 bits per heavy atom. The van der Waals surface area contributed by atoms with Crippen LogP contribution in [-0.4, -0.2) is 29.2 Å². The van der Waals surface area contributed by atoms with Gasteiger partial charge in [-0.15, -0.1) is 10.2 Å². The van der Waals surface area contributed by atoms with Crippen LogP contribution in [0.2, 0.25) is 0 Å². The number of rotatable bonds is 2. The van der Waals surface area contributed by atoms with Gasteiger partial charge in [-0.2, -0.15) is 19.8 Å². The van der Waals surface area contributed by atoms with E-state index in [0.29, 0.717) is 22.9 Å². The maximum absolute atomic E-state index is 7.62. The Morgan fingerprint density at radius 2 is 1.46 bits per heavy atom. The van der Waals surface area contributed by atoms with Crippen molar-refractivity contribution in [3.63, 3.8) is 0 Å².